The highest BCUT2D eigenvalue weighted by atomic mass is 35.5. The Morgan fingerprint density at radius 3 is 2.71 bits per heavy atom. The zero-order chi connectivity index (χ0) is 14.5. The summed E-state index contributed by atoms with van der Waals surface area (Å²) in [5.41, 5.74) is 7.39. The molecule has 0 aliphatic heterocycles. The molecule has 0 fully saturated rings. The molecular weight excluding hydrogens is 310 g/mol. The maximum Gasteiger partial charge on any atom is 0.243 e. The Morgan fingerprint density at radius 1 is 1.43 bits per heavy atom. The number of phenols is 1. The van der Waals surface area contributed by atoms with Crippen molar-refractivity contribution in [2.45, 2.75) is 25.8 Å². The SMILES string of the molecule is CCCC(N)C(=O)Nc1nc(-c2ccc(O)cc2)cs1.Cl. The summed E-state index contributed by atoms with van der Waals surface area (Å²) in [6.45, 7) is 1.99. The number of benzene rings is 1. The molecule has 21 heavy (non-hydrogen) atoms. The number of carbonyl (C=O) groups excluding carboxylic acids is 1. The number of nitrogens with one attached hydrogen (secondary N) is 1. The lowest BCUT2D eigenvalue weighted by molar-refractivity contribution is -0.117. The van der Waals surface area contributed by atoms with Crippen LogP contribution in [0.15, 0.2) is 29.6 Å². The molecule has 1 amide bonds. The van der Waals surface area contributed by atoms with E-state index in [4.69, 9.17) is 5.73 Å². The van der Waals surface area contributed by atoms with Crippen LogP contribution in [-0.4, -0.2) is 22.0 Å². The largest absolute Gasteiger partial charge is 0.508 e. The first kappa shape index (κ1) is 17.4. The molecule has 0 radical (unpaired) electrons. The topological polar surface area (TPSA) is 88.2 Å². The van der Waals surface area contributed by atoms with E-state index in [0.717, 1.165) is 17.7 Å². The molecule has 7 heteroatoms. The highest BCUT2D eigenvalue weighted by Crippen LogP contribution is 2.26. The van der Waals surface area contributed by atoms with Gasteiger partial charge in [-0.25, -0.2) is 4.98 Å². The van der Waals surface area contributed by atoms with Gasteiger partial charge in [-0.05, 0) is 30.7 Å². The minimum absolute atomic E-state index is 0. The molecule has 4 N–H and O–H groups in total. The number of amides is 1. The second-order valence-corrected chi connectivity index (χ2v) is 5.33. The lowest BCUT2D eigenvalue weighted by Crippen LogP contribution is -2.35. The third-order valence-electron chi connectivity index (χ3n) is 2.83. The summed E-state index contributed by atoms with van der Waals surface area (Å²) < 4.78 is 0. The summed E-state index contributed by atoms with van der Waals surface area (Å²) in [5.74, 6) is 0.00139. The molecule has 1 heterocycles. The van der Waals surface area contributed by atoms with Gasteiger partial charge in [-0.1, -0.05) is 13.3 Å². The Labute approximate surface area is 133 Å². The molecule has 1 aromatic heterocycles. The molecule has 1 unspecified atom stereocenters. The van der Waals surface area contributed by atoms with Crippen LogP contribution in [-0.2, 0) is 4.79 Å². The number of phenolic OH excluding ortho intramolecular Hbond substituents is 1. The van der Waals surface area contributed by atoms with E-state index in [0.29, 0.717) is 11.6 Å². The Bertz CT molecular complexity index is 586. The number of rotatable bonds is 5. The second-order valence-electron chi connectivity index (χ2n) is 4.47. The number of aromatic nitrogens is 1. The Kier molecular flexibility index (Phi) is 6.61. The molecule has 0 aliphatic carbocycles. The lowest BCUT2D eigenvalue weighted by Gasteiger charge is -2.08. The third-order valence-corrected chi connectivity index (χ3v) is 3.59. The number of hydrogen-bond acceptors (Lipinski definition) is 5. The smallest absolute Gasteiger partial charge is 0.243 e. The van der Waals surface area contributed by atoms with Crippen LogP contribution in [0.5, 0.6) is 5.75 Å². The van der Waals surface area contributed by atoms with Crippen molar-refractivity contribution in [1.82, 2.24) is 4.98 Å². The van der Waals surface area contributed by atoms with Crippen LogP contribution in [0.25, 0.3) is 11.3 Å². The molecular formula is C14H18ClN3O2S. The van der Waals surface area contributed by atoms with Gasteiger partial charge in [0.25, 0.3) is 0 Å². The number of aromatic hydroxyl groups is 1. The minimum atomic E-state index is -0.499. The number of thiazole rings is 1. The molecule has 1 aromatic carbocycles. The molecule has 0 bridgehead atoms. The van der Waals surface area contributed by atoms with Gasteiger partial charge in [-0.3, -0.25) is 4.79 Å². The summed E-state index contributed by atoms with van der Waals surface area (Å²) in [7, 11) is 0. The van der Waals surface area contributed by atoms with Gasteiger partial charge in [-0.15, -0.1) is 23.7 Å². The predicted octanol–water partition coefficient (Wildman–Crippen LogP) is 3.00. The Balaban J connectivity index is 0.00000220. The van der Waals surface area contributed by atoms with Crippen LogP contribution >= 0.6 is 23.7 Å². The van der Waals surface area contributed by atoms with Crippen LogP contribution in [0.1, 0.15) is 19.8 Å². The number of halogens is 1. The first-order valence-electron chi connectivity index (χ1n) is 6.41. The van der Waals surface area contributed by atoms with Crippen molar-refractivity contribution in [1.29, 1.82) is 0 Å². The van der Waals surface area contributed by atoms with Crippen LogP contribution in [0.4, 0.5) is 5.13 Å². The summed E-state index contributed by atoms with van der Waals surface area (Å²) in [5, 5.41) is 14.4. The molecule has 0 aliphatic rings. The van der Waals surface area contributed by atoms with Gasteiger partial charge >= 0.3 is 0 Å². The molecule has 5 nitrogen and oxygen atoms in total. The van der Waals surface area contributed by atoms with Crippen LogP contribution in [0, 0.1) is 0 Å². The number of nitrogens with two attached hydrogens (primary N) is 1. The zero-order valence-electron chi connectivity index (χ0n) is 11.6. The van der Waals surface area contributed by atoms with Gasteiger partial charge in [0.1, 0.15) is 5.75 Å². The molecule has 114 valence electrons. The summed E-state index contributed by atoms with van der Waals surface area (Å²) in [6.07, 6.45) is 1.52. The maximum absolute atomic E-state index is 11.8. The van der Waals surface area contributed by atoms with Crippen molar-refractivity contribution in [2.75, 3.05) is 5.32 Å². The number of carbonyl (C=O) groups is 1. The average molecular weight is 328 g/mol. The molecule has 2 aromatic rings. The fourth-order valence-corrected chi connectivity index (χ4v) is 2.46. The average Bonchev–Trinajstić information content (AvgIpc) is 2.88. The van der Waals surface area contributed by atoms with E-state index >= 15 is 0 Å². The van der Waals surface area contributed by atoms with E-state index in [1.807, 2.05) is 12.3 Å². The van der Waals surface area contributed by atoms with Gasteiger partial charge in [0, 0.05) is 10.9 Å². The fourth-order valence-electron chi connectivity index (χ4n) is 1.74. The second kappa shape index (κ2) is 7.97. The van der Waals surface area contributed by atoms with E-state index < -0.39 is 6.04 Å². The normalized spacial score (nSPS) is 11.5. The van der Waals surface area contributed by atoms with E-state index in [2.05, 4.69) is 10.3 Å². The lowest BCUT2D eigenvalue weighted by atomic mass is 10.2. The van der Waals surface area contributed by atoms with Gasteiger partial charge in [0.15, 0.2) is 5.13 Å². The van der Waals surface area contributed by atoms with E-state index in [1.54, 1.807) is 24.3 Å². The first-order valence-corrected chi connectivity index (χ1v) is 7.29. The van der Waals surface area contributed by atoms with E-state index in [-0.39, 0.29) is 24.1 Å². The number of hydrogen-bond donors (Lipinski definition) is 3. The molecule has 0 saturated heterocycles. The van der Waals surface area contributed by atoms with Crippen LogP contribution < -0.4 is 11.1 Å². The predicted molar refractivity (Wildman–Crippen MR) is 88.0 cm³/mol. The molecule has 2 rings (SSSR count). The van der Waals surface area contributed by atoms with E-state index in [9.17, 15) is 9.90 Å². The van der Waals surface area contributed by atoms with Crippen LogP contribution in [0.2, 0.25) is 0 Å². The quantitative estimate of drug-likeness (QED) is 0.787. The van der Waals surface area contributed by atoms with Gasteiger partial charge in [0.2, 0.25) is 5.91 Å². The van der Waals surface area contributed by atoms with Crippen molar-refractivity contribution in [3.63, 3.8) is 0 Å². The molecule has 0 saturated carbocycles. The number of nitrogens with zero attached hydrogens (tertiary/aromatic N) is 1. The Morgan fingerprint density at radius 2 is 2.10 bits per heavy atom. The van der Waals surface area contributed by atoms with Crippen LogP contribution in [0.3, 0.4) is 0 Å². The third kappa shape index (κ3) is 4.70. The number of anilines is 1. The summed E-state index contributed by atoms with van der Waals surface area (Å²) in [4.78, 5) is 16.1. The molecule has 1 atom stereocenters. The fraction of sp³-hybridized carbons (Fsp3) is 0.286. The Hall–Kier alpha value is -1.63. The van der Waals surface area contributed by atoms with Crippen molar-refractivity contribution >= 4 is 34.8 Å². The van der Waals surface area contributed by atoms with Gasteiger partial charge < -0.3 is 16.2 Å². The van der Waals surface area contributed by atoms with Crippen molar-refractivity contribution in [2.24, 2.45) is 5.73 Å². The van der Waals surface area contributed by atoms with E-state index in [1.165, 1.54) is 11.3 Å². The van der Waals surface area contributed by atoms with Crippen molar-refractivity contribution < 1.29 is 9.90 Å². The maximum atomic E-state index is 11.8. The van der Waals surface area contributed by atoms with Crippen molar-refractivity contribution in [3.05, 3.63) is 29.6 Å². The summed E-state index contributed by atoms with van der Waals surface area (Å²) in [6, 6.07) is 6.26. The highest BCUT2D eigenvalue weighted by molar-refractivity contribution is 7.14. The first-order chi connectivity index (χ1) is 9.60. The van der Waals surface area contributed by atoms with Gasteiger partial charge in [-0.2, -0.15) is 0 Å². The summed E-state index contributed by atoms with van der Waals surface area (Å²) >= 11 is 1.35. The monoisotopic (exact) mass is 327 g/mol. The zero-order valence-corrected chi connectivity index (χ0v) is 13.2. The highest BCUT2D eigenvalue weighted by Gasteiger charge is 2.14. The van der Waals surface area contributed by atoms with Gasteiger partial charge in [0.05, 0.1) is 11.7 Å². The molecule has 0 spiro atoms. The minimum Gasteiger partial charge on any atom is -0.508 e. The van der Waals surface area contributed by atoms with Crippen molar-refractivity contribution in [3.8, 4) is 17.0 Å². The standard InChI is InChI=1S/C14H17N3O2S.ClH/c1-2-3-11(15)13(19)17-14-16-12(8-20-14)9-4-6-10(18)7-5-9;/h4-8,11,18H,2-3,15H2,1H3,(H,16,17,19);1H.